The number of nitrogens with two attached hydrogens (primary N) is 1. The molecule has 220 valence electrons. The Balaban J connectivity index is 3.34. The van der Waals surface area contributed by atoms with Gasteiger partial charge in [-0.05, 0) is 50.8 Å². The molecule has 1 aromatic carbocycles. The molecule has 0 bridgehead atoms. The predicted molar refractivity (Wildman–Crippen MR) is 146 cm³/mol. The molecule has 1 rings (SSSR count). The van der Waals surface area contributed by atoms with Crippen molar-refractivity contribution in [3.63, 3.8) is 0 Å². The minimum Gasteiger partial charge on any atom is -0.480 e. The maximum Gasteiger partial charge on any atom is 0.508 e. The number of carboxylic acid groups (broad SMARTS) is 1. The van der Waals surface area contributed by atoms with Crippen LogP contribution in [0.1, 0.15) is 104 Å². The molecule has 10 nitrogen and oxygen atoms in total. The van der Waals surface area contributed by atoms with Crippen LogP contribution in [0.5, 0.6) is 11.5 Å². The fourth-order valence-electron chi connectivity index (χ4n) is 4.09. The van der Waals surface area contributed by atoms with Gasteiger partial charge in [-0.1, -0.05) is 53.0 Å². The van der Waals surface area contributed by atoms with Crippen molar-refractivity contribution in [2.45, 2.75) is 117 Å². The van der Waals surface area contributed by atoms with Crippen molar-refractivity contribution < 1.29 is 43.2 Å². The average molecular weight is 552 g/mol. The number of hydrogen-bond donors (Lipinski definition) is 2. The molecule has 0 fully saturated rings. The van der Waals surface area contributed by atoms with Gasteiger partial charge in [0.25, 0.3) is 0 Å². The number of ether oxygens (including phenoxy) is 4. The summed E-state index contributed by atoms with van der Waals surface area (Å²) in [7, 11) is 0. The number of rotatable bonds is 17. The van der Waals surface area contributed by atoms with E-state index in [1.807, 2.05) is 20.8 Å². The highest BCUT2D eigenvalue weighted by molar-refractivity contribution is 5.77. The van der Waals surface area contributed by atoms with E-state index in [1.165, 1.54) is 12.1 Å². The third kappa shape index (κ3) is 11.6. The number of benzene rings is 1. The van der Waals surface area contributed by atoms with Crippen LogP contribution in [-0.2, 0) is 23.9 Å². The first-order chi connectivity index (χ1) is 18.4. The molecule has 0 aromatic heterocycles. The number of carbonyl (C=O) groups excluding carboxylic acids is 3. The third-order valence-electron chi connectivity index (χ3n) is 6.52. The van der Waals surface area contributed by atoms with E-state index < -0.39 is 48.0 Å². The van der Waals surface area contributed by atoms with Gasteiger partial charge in [-0.2, -0.15) is 0 Å². The second kappa shape index (κ2) is 17.4. The minimum atomic E-state index is -1.37. The molecule has 4 unspecified atom stereocenters. The quantitative estimate of drug-likeness (QED) is 0.181. The van der Waals surface area contributed by atoms with Gasteiger partial charge in [0.1, 0.15) is 18.2 Å². The lowest BCUT2D eigenvalue weighted by Gasteiger charge is -2.31. The smallest absolute Gasteiger partial charge is 0.480 e. The third-order valence-corrected chi connectivity index (χ3v) is 6.52. The summed E-state index contributed by atoms with van der Waals surface area (Å²) in [6, 6.07) is 3.12. The SMILES string of the molecule is CCCCC(=O)Oc1ccc(C(C(C)C(C)OC(=O)OC(C)CCC)[C@H](N)C(=O)O)cc1OC(=O)CCCC. The van der Waals surface area contributed by atoms with Crippen LogP contribution in [0.15, 0.2) is 18.2 Å². The molecule has 3 N–H and O–H groups in total. The Morgan fingerprint density at radius 2 is 1.41 bits per heavy atom. The molecule has 39 heavy (non-hydrogen) atoms. The summed E-state index contributed by atoms with van der Waals surface area (Å²) in [6.45, 7) is 11.0. The number of aliphatic carboxylic acids is 1. The maximum absolute atomic E-state index is 12.4. The van der Waals surface area contributed by atoms with Crippen molar-refractivity contribution in [1.82, 2.24) is 0 Å². The molecule has 0 heterocycles. The number of carbonyl (C=O) groups is 4. The van der Waals surface area contributed by atoms with E-state index >= 15 is 0 Å². The number of esters is 2. The summed E-state index contributed by atoms with van der Waals surface area (Å²) in [5.74, 6) is -3.61. The Morgan fingerprint density at radius 3 is 1.92 bits per heavy atom. The van der Waals surface area contributed by atoms with Crippen LogP contribution in [0.4, 0.5) is 4.79 Å². The van der Waals surface area contributed by atoms with E-state index in [1.54, 1.807) is 26.8 Å². The largest absolute Gasteiger partial charge is 0.508 e. The molecule has 0 amide bonds. The average Bonchev–Trinajstić information content (AvgIpc) is 2.87. The van der Waals surface area contributed by atoms with Gasteiger partial charge in [0.05, 0.1) is 0 Å². The van der Waals surface area contributed by atoms with E-state index in [2.05, 4.69) is 0 Å². The van der Waals surface area contributed by atoms with Crippen molar-refractivity contribution in [3.05, 3.63) is 23.8 Å². The second-order valence-corrected chi connectivity index (χ2v) is 9.90. The number of hydrogen-bond acceptors (Lipinski definition) is 9. The van der Waals surface area contributed by atoms with Crippen LogP contribution in [0.25, 0.3) is 0 Å². The molecular weight excluding hydrogens is 506 g/mol. The normalized spacial score (nSPS) is 14.8. The Kier molecular flexibility index (Phi) is 15.2. The highest BCUT2D eigenvalue weighted by atomic mass is 16.7. The summed E-state index contributed by atoms with van der Waals surface area (Å²) >= 11 is 0. The van der Waals surface area contributed by atoms with Crippen molar-refractivity contribution >= 4 is 24.1 Å². The van der Waals surface area contributed by atoms with E-state index in [9.17, 15) is 24.3 Å². The minimum absolute atomic E-state index is 0.00499. The fourth-order valence-corrected chi connectivity index (χ4v) is 4.09. The van der Waals surface area contributed by atoms with Crippen molar-refractivity contribution in [2.24, 2.45) is 11.7 Å². The first-order valence-corrected chi connectivity index (χ1v) is 13.9. The Labute approximate surface area is 231 Å². The molecule has 0 spiro atoms. The highest BCUT2D eigenvalue weighted by Gasteiger charge is 2.36. The molecule has 5 atom stereocenters. The van der Waals surface area contributed by atoms with Gasteiger partial charge in [0.15, 0.2) is 11.5 Å². The van der Waals surface area contributed by atoms with E-state index in [4.69, 9.17) is 24.7 Å². The van der Waals surface area contributed by atoms with Gasteiger partial charge in [-0.3, -0.25) is 14.4 Å². The van der Waals surface area contributed by atoms with Crippen LogP contribution in [-0.4, -0.2) is 47.4 Å². The Bertz CT molecular complexity index is 949. The zero-order valence-electron chi connectivity index (χ0n) is 24.1. The summed E-state index contributed by atoms with van der Waals surface area (Å²) in [5, 5.41) is 9.76. The Morgan fingerprint density at radius 1 is 0.846 bits per heavy atom. The lowest BCUT2D eigenvalue weighted by molar-refractivity contribution is -0.140. The van der Waals surface area contributed by atoms with Crippen molar-refractivity contribution in [1.29, 1.82) is 0 Å². The molecule has 0 aliphatic heterocycles. The topological polar surface area (TPSA) is 151 Å². The number of unbranched alkanes of at least 4 members (excludes halogenated alkanes) is 2. The number of carboxylic acids is 1. The maximum atomic E-state index is 12.4. The molecule has 0 radical (unpaired) electrons. The summed E-state index contributed by atoms with van der Waals surface area (Å²) < 4.78 is 21.7. The molecular formula is C29H45NO9. The van der Waals surface area contributed by atoms with Crippen molar-refractivity contribution in [2.75, 3.05) is 0 Å². The lowest BCUT2D eigenvalue weighted by Crippen LogP contribution is -2.42. The van der Waals surface area contributed by atoms with E-state index in [0.717, 1.165) is 19.3 Å². The zero-order chi connectivity index (χ0) is 29.5. The van der Waals surface area contributed by atoms with Gasteiger partial charge >= 0.3 is 24.1 Å². The molecule has 0 saturated carbocycles. The Hall–Kier alpha value is -3.14. The monoisotopic (exact) mass is 551 g/mol. The summed E-state index contributed by atoms with van der Waals surface area (Å²) in [5.41, 5.74) is 6.53. The van der Waals surface area contributed by atoms with Gasteiger partial charge in [-0.15, -0.1) is 0 Å². The molecule has 0 saturated heterocycles. The predicted octanol–water partition coefficient (Wildman–Crippen LogP) is 5.74. The van der Waals surface area contributed by atoms with Gasteiger partial charge in [0, 0.05) is 24.7 Å². The van der Waals surface area contributed by atoms with E-state index in [-0.39, 0.29) is 30.4 Å². The van der Waals surface area contributed by atoms with Crippen LogP contribution < -0.4 is 15.2 Å². The van der Waals surface area contributed by atoms with E-state index in [0.29, 0.717) is 24.8 Å². The second-order valence-electron chi connectivity index (χ2n) is 9.90. The fraction of sp³-hybridized carbons (Fsp3) is 0.655. The molecule has 1 aromatic rings. The first kappa shape index (κ1) is 33.9. The summed E-state index contributed by atoms with van der Waals surface area (Å²) in [6.07, 6.45) is 2.83. The zero-order valence-corrected chi connectivity index (χ0v) is 24.1. The molecule has 10 heteroatoms. The molecule has 0 aliphatic rings. The van der Waals surface area contributed by atoms with Gasteiger partial charge in [-0.25, -0.2) is 4.79 Å². The first-order valence-electron chi connectivity index (χ1n) is 13.9. The van der Waals surface area contributed by atoms with Gasteiger partial charge < -0.3 is 29.8 Å². The standard InChI is InChI=1S/C29H45NO9/c1-7-10-13-24(31)38-22-16-15-21(17-23(22)39-25(32)14-11-8-2)26(27(30)28(33)34)19(5)20(6)37-29(35)36-18(4)12-9-3/h15-20,26-27H,7-14,30H2,1-6H3,(H,33,34)/t18?,19?,20?,26?,27-/m0/s1. The van der Waals surface area contributed by atoms with Crippen LogP contribution >= 0.6 is 0 Å². The van der Waals surface area contributed by atoms with Gasteiger partial charge in [0.2, 0.25) is 0 Å². The highest BCUT2D eigenvalue weighted by Crippen LogP contribution is 2.37. The van der Waals surface area contributed by atoms with Crippen LogP contribution in [0.3, 0.4) is 0 Å². The summed E-state index contributed by atoms with van der Waals surface area (Å²) in [4.78, 5) is 49.0. The van der Waals surface area contributed by atoms with Crippen molar-refractivity contribution in [3.8, 4) is 11.5 Å². The van der Waals surface area contributed by atoms with Crippen LogP contribution in [0, 0.1) is 5.92 Å². The molecule has 0 aliphatic carbocycles. The van der Waals surface area contributed by atoms with Crippen LogP contribution in [0.2, 0.25) is 0 Å². The lowest BCUT2D eigenvalue weighted by atomic mass is 9.79.